The number of fused-ring (bicyclic) bond motifs is 1. The van der Waals surface area contributed by atoms with E-state index < -0.39 is 0 Å². The second kappa shape index (κ2) is 4.28. The molecule has 3 rings (SSSR count). The molecule has 0 aliphatic heterocycles. The highest BCUT2D eigenvalue weighted by molar-refractivity contribution is 7.13. The van der Waals surface area contributed by atoms with Crippen molar-refractivity contribution in [1.82, 2.24) is 9.97 Å². The summed E-state index contributed by atoms with van der Waals surface area (Å²) in [5.74, 6) is 0. The van der Waals surface area contributed by atoms with E-state index in [2.05, 4.69) is 35.1 Å². The van der Waals surface area contributed by atoms with E-state index in [9.17, 15) is 0 Å². The predicted molar refractivity (Wildman–Crippen MR) is 73.5 cm³/mol. The van der Waals surface area contributed by atoms with Crippen LogP contribution in [-0.4, -0.2) is 9.97 Å². The Morgan fingerprint density at radius 1 is 1.39 bits per heavy atom. The normalized spacial score (nSPS) is 10.7. The van der Waals surface area contributed by atoms with Crippen LogP contribution in [0.1, 0.15) is 11.4 Å². The molecular weight excluding hydrogens is 242 g/mol. The number of rotatable bonds is 2. The molecule has 0 saturated carbocycles. The van der Waals surface area contributed by atoms with E-state index in [4.69, 9.17) is 5.26 Å². The summed E-state index contributed by atoms with van der Waals surface area (Å²) in [4.78, 5) is 7.90. The summed E-state index contributed by atoms with van der Waals surface area (Å²) in [6.45, 7) is 2.06. The number of aromatic nitrogens is 2. The molecule has 0 unspecified atom stereocenters. The lowest BCUT2D eigenvalue weighted by Gasteiger charge is -1.95. The molecule has 1 aromatic carbocycles. The summed E-state index contributed by atoms with van der Waals surface area (Å²) in [6.07, 6.45) is 0.373. The summed E-state index contributed by atoms with van der Waals surface area (Å²) in [7, 11) is 0. The first kappa shape index (κ1) is 11.0. The summed E-state index contributed by atoms with van der Waals surface area (Å²) < 4.78 is 0. The van der Waals surface area contributed by atoms with Crippen molar-refractivity contribution in [2.75, 3.05) is 0 Å². The molecule has 1 N–H and O–H groups in total. The van der Waals surface area contributed by atoms with Crippen LogP contribution in [0.2, 0.25) is 0 Å². The van der Waals surface area contributed by atoms with Crippen LogP contribution in [0.5, 0.6) is 0 Å². The second-order valence-corrected chi connectivity index (χ2v) is 5.01. The number of nitriles is 1. The van der Waals surface area contributed by atoms with E-state index >= 15 is 0 Å². The number of hydrogen-bond donors (Lipinski definition) is 1. The third-order valence-electron chi connectivity index (χ3n) is 2.92. The molecular formula is C14H11N3S. The average molecular weight is 253 g/mol. The molecule has 0 radical (unpaired) electrons. The van der Waals surface area contributed by atoms with E-state index in [1.165, 1.54) is 5.39 Å². The Bertz CT molecular complexity index is 746. The minimum atomic E-state index is 0.373. The van der Waals surface area contributed by atoms with Gasteiger partial charge >= 0.3 is 0 Å². The molecule has 0 aliphatic rings. The molecule has 0 spiro atoms. The molecule has 2 heterocycles. The molecule has 88 valence electrons. The Hall–Kier alpha value is -2.12. The molecule has 0 amide bonds. The zero-order chi connectivity index (χ0) is 12.5. The number of thiazole rings is 1. The lowest BCUT2D eigenvalue weighted by Crippen LogP contribution is -1.82. The third-order valence-corrected chi connectivity index (χ3v) is 3.83. The molecule has 3 nitrogen and oxygen atoms in total. The number of nitrogens with one attached hydrogen (secondary N) is 1. The van der Waals surface area contributed by atoms with Gasteiger partial charge in [0.25, 0.3) is 0 Å². The van der Waals surface area contributed by atoms with Crippen molar-refractivity contribution in [2.24, 2.45) is 0 Å². The molecule has 4 heteroatoms. The van der Waals surface area contributed by atoms with Gasteiger partial charge in [0, 0.05) is 27.5 Å². The first-order valence-electron chi connectivity index (χ1n) is 5.68. The first-order chi connectivity index (χ1) is 8.79. The van der Waals surface area contributed by atoms with Crippen molar-refractivity contribution in [3.8, 4) is 16.6 Å². The smallest absolute Gasteiger partial charge is 0.126 e. The lowest BCUT2D eigenvalue weighted by molar-refractivity contribution is 1.16. The van der Waals surface area contributed by atoms with E-state index in [0.29, 0.717) is 6.42 Å². The number of hydrogen-bond acceptors (Lipinski definition) is 3. The number of aryl methyl sites for hydroxylation is 1. The zero-order valence-electron chi connectivity index (χ0n) is 9.90. The quantitative estimate of drug-likeness (QED) is 0.757. The van der Waals surface area contributed by atoms with E-state index in [-0.39, 0.29) is 0 Å². The highest BCUT2D eigenvalue weighted by Crippen LogP contribution is 2.33. The molecule has 0 fully saturated rings. The van der Waals surface area contributed by atoms with Crippen LogP contribution >= 0.6 is 11.3 Å². The topological polar surface area (TPSA) is 52.5 Å². The molecule has 0 aliphatic carbocycles. The van der Waals surface area contributed by atoms with Crippen molar-refractivity contribution in [1.29, 1.82) is 5.26 Å². The zero-order valence-corrected chi connectivity index (χ0v) is 10.7. The maximum Gasteiger partial charge on any atom is 0.126 e. The molecule has 0 atom stereocenters. The number of aromatic amines is 1. The fourth-order valence-corrected chi connectivity index (χ4v) is 3.07. The fourth-order valence-electron chi connectivity index (χ4n) is 2.14. The highest BCUT2D eigenvalue weighted by atomic mass is 32.1. The Morgan fingerprint density at radius 2 is 2.22 bits per heavy atom. The van der Waals surface area contributed by atoms with Gasteiger partial charge in [0.05, 0.1) is 18.2 Å². The monoisotopic (exact) mass is 253 g/mol. The van der Waals surface area contributed by atoms with Gasteiger partial charge in [-0.15, -0.1) is 11.3 Å². The van der Waals surface area contributed by atoms with Gasteiger partial charge in [-0.25, -0.2) is 4.98 Å². The molecule has 0 saturated heterocycles. The maximum atomic E-state index is 8.69. The van der Waals surface area contributed by atoms with Gasteiger partial charge in [-0.3, -0.25) is 0 Å². The van der Waals surface area contributed by atoms with Crippen LogP contribution in [-0.2, 0) is 6.42 Å². The minimum absolute atomic E-state index is 0.373. The van der Waals surface area contributed by atoms with Gasteiger partial charge in [0.2, 0.25) is 0 Å². The average Bonchev–Trinajstić information content (AvgIpc) is 2.92. The van der Waals surface area contributed by atoms with Crippen molar-refractivity contribution in [2.45, 2.75) is 13.3 Å². The molecule has 18 heavy (non-hydrogen) atoms. The molecule has 0 bridgehead atoms. The van der Waals surface area contributed by atoms with Crippen LogP contribution in [0.4, 0.5) is 0 Å². The van der Waals surface area contributed by atoms with E-state index in [0.717, 1.165) is 27.5 Å². The SMILES string of the molecule is Cc1[nH]c2ccccc2c1-c1nc(CC#N)cs1. The number of para-hydroxylation sites is 1. The molecule has 2 aromatic heterocycles. The van der Waals surface area contributed by atoms with Gasteiger partial charge in [0.15, 0.2) is 0 Å². The van der Waals surface area contributed by atoms with Crippen LogP contribution < -0.4 is 0 Å². The Balaban J connectivity index is 2.18. The fraction of sp³-hybridized carbons (Fsp3) is 0.143. The third kappa shape index (κ3) is 1.69. The Morgan fingerprint density at radius 3 is 3.06 bits per heavy atom. The van der Waals surface area contributed by atoms with Gasteiger partial charge in [-0.05, 0) is 13.0 Å². The second-order valence-electron chi connectivity index (χ2n) is 4.15. The Labute approximate surface area is 109 Å². The van der Waals surface area contributed by atoms with Crippen LogP contribution in [0, 0.1) is 18.3 Å². The van der Waals surface area contributed by atoms with Crippen molar-refractivity contribution in [3.05, 3.63) is 41.0 Å². The van der Waals surface area contributed by atoms with Crippen LogP contribution in [0.3, 0.4) is 0 Å². The summed E-state index contributed by atoms with van der Waals surface area (Å²) in [6, 6.07) is 10.3. The van der Waals surface area contributed by atoms with E-state index in [1.807, 2.05) is 17.5 Å². The number of nitrogens with zero attached hydrogens (tertiary/aromatic N) is 2. The lowest BCUT2D eigenvalue weighted by atomic mass is 10.1. The standard InChI is InChI=1S/C14H11N3S/c1-9-13(11-4-2-3-5-12(11)16-9)14-17-10(6-7-15)8-18-14/h2-5,8,16H,6H2,1H3. The summed E-state index contributed by atoms with van der Waals surface area (Å²) in [5, 5.41) is 12.8. The Kier molecular flexibility index (Phi) is 2.62. The maximum absolute atomic E-state index is 8.69. The summed E-state index contributed by atoms with van der Waals surface area (Å²) >= 11 is 1.59. The van der Waals surface area contributed by atoms with Gasteiger partial charge < -0.3 is 4.98 Å². The van der Waals surface area contributed by atoms with Gasteiger partial charge in [0.1, 0.15) is 5.01 Å². The minimum Gasteiger partial charge on any atom is -0.358 e. The van der Waals surface area contributed by atoms with E-state index in [1.54, 1.807) is 11.3 Å². The largest absolute Gasteiger partial charge is 0.358 e. The van der Waals surface area contributed by atoms with Crippen LogP contribution in [0.25, 0.3) is 21.5 Å². The van der Waals surface area contributed by atoms with Crippen molar-refractivity contribution in [3.63, 3.8) is 0 Å². The summed E-state index contributed by atoms with van der Waals surface area (Å²) in [5.41, 5.74) is 4.25. The first-order valence-corrected chi connectivity index (χ1v) is 6.56. The van der Waals surface area contributed by atoms with Crippen molar-refractivity contribution >= 4 is 22.2 Å². The number of H-pyrrole nitrogens is 1. The van der Waals surface area contributed by atoms with Crippen LogP contribution in [0.15, 0.2) is 29.6 Å². The highest BCUT2D eigenvalue weighted by Gasteiger charge is 2.13. The predicted octanol–water partition coefficient (Wildman–Crippen LogP) is 3.67. The number of benzene rings is 1. The van der Waals surface area contributed by atoms with Gasteiger partial charge in [-0.1, -0.05) is 18.2 Å². The van der Waals surface area contributed by atoms with Gasteiger partial charge in [-0.2, -0.15) is 5.26 Å². The van der Waals surface area contributed by atoms with Crippen molar-refractivity contribution < 1.29 is 0 Å². The molecule has 3 aromatic rings.